The molecule has 1 spiro atoms. The SMILES string of the molecule is CCOC(=O)[C@@H]1[C@H]2C=C[C@@H](C23CC3)[C@@]1(C(N)=O)c1nc(C(C)=O)cs1. The van der Waals surface area contributed by atoms with Gasteiger partial charge in [0.25, 0.3) is 0 Å². The third kappa shape index (κ3) is 1.90. The molecule has 1 aromatic heterocycles. The number of nitrogens with two attached hydrogens (primary N) is 1. The van der Waals surface area contributed by atoms with Gasteiger partial charge in [0, 0.05) is 18.2 Å². The molecule has 0 aromatic carbocycles. The molecule has 3 aliphatic rings. The largest absolute Gasteiger partial charge is 0.466 e. The number of Topliss-reactive ketones (excluding diaryl/α,β-unsaturated/α-hetero) is 1. The smallest absolute Gasteiger partial charge is 0.311 e. The van der Waals surface area contributed by atoms with Gasteiger partial charge in [-0.1, -0.05) is 12.2 Å². The van der Waals surface area contributed by atoms with Crippen LogP contribution in [-0.2, 0) is 19.7 Å². The van der Waals surface area contributed by atoms with Gasteiger partial charge in [-0.15, -0.1) is 11.3 Å². The summed E-state index contributed by atoms with van der Waals surface area (Å²) >= 11 is 1.24. The van der Waals surface area contributed by atoms with Gasteiger partial charge in [-0.05, 0) is 31.1 Å². The number of primary amides is 1. The van der Waals surface area contributed by atoms with E-state index in [-0.39, 0.29) is 29.6 Å². The second kappa shape index (κ2) is 5.24. The Morgan fingerprint density at radius 3 is 2.60 bits per heavy atom. The molecule has 2 N–H and O–H groups in total. The highest BCUT2D eigenvalue weighted by atomic mass is 32.1. The summed E-state index contributed by atoms with van der Waals surface area (Å²) in [6.07, 6.45) is 5.99. The van der Waals surface area contributed by atoms with E-state index in [1.807, 2.05) is 12.2 Å². The molecule has 1 aromatic rings. The molecule has 7 heteroatoms. The van der Waals surface area contributed by atoms with Crippen LogP contribution in [0.5, 0.6) is 0 Å². The monoisotopic (exact) mass is 360 g/mol. The van der Waals surface area contributed by atoms with Crippen molar-refractivity contribution in [3.05, 3.63) is 28.2 Å². The molecule has 1 heterocycles. The lowest BCUT2D eigenvalue weighted by Crippen LogP contribution is -2.53. The highest BCUT2D eigenvalue weighted by Gasteiger charge is 2.78. The number of hydrogen-bond donors (Lipinski definition) is 1. The molecule has 4 atom stereocenters. The van der Waals surface area contributed by atoms with Gasteiger partial charge in [0.15, 0.2) is 5.78 Å². The molecule has 3 aliphatic carbocycles. The molecule has 0 radical (unpaired) electrons. The van der Waals surface area contributed by atoms with E-state index < -0.39 is 23.2 Å². The van der Waals surface area contributed by atoms with E-state index in [1.165, 1.54) is 18.3 Å². The summed E-state index contributed by atoms with van der Waals surface area (Å²) in [5.74, 6) is -2.03. The van der Waals surface area contributed by atoms with Crippen LogP contribution in [0.3, 0.4) is 0 Å². The van der Waals surface area contributed by atoms with E-state index >= 15 is 0 Å². The van der Waals surface area contributed by atoms with Crippen molar-refractivity contribution in [3.8, 4) is 0 Å². The van der Waals surface area contributed by atoms with Crippen LogP contribution in [0, 0.1) is 23.2 Å². The summed E-state index contributed by atoms with van der Waals surface area (Å²) in [5.41, 5.74) is 4.91. The number of ketones is 1. The van der Waals surface area contributed by atoms with Gasteiger partial charge in [0.05, 0.1) is 12.5 Å². The number of carbonyl (C=O) groups is 3. The summed E-state index contributed by atoms with van der Waals surface area (Å²) in [6.45, 7) is 3.42. The van der Waals surface area contributed by atoms with Crippen molar-refractivity contribution >= 4 is 29.0 Å². The van der Waals surface area contributed by atoms with Gasteiger partial charge in [-0.2, -0.15) is 0 Å². The normalized spacial score (nSPS) is 33.6. The van der Waals surface area contributed by atoms with Crippen molar-refractivity contribution in [3.63, 3.8) is 0 Å². The maximum Gasteiger partial charge on any atom is 0.311 e. The average molecular weight is 360 g/mol. The highest BCUT2D eigenvalue weighted by molar-refractivity contribution is 7.10. The van der Waals surface area contributed by atoms with Crippen LogP contribution in [0.25, 0.3) is 0 Å². The Balaban J connectivity index is 1.91. The molecule has 0 unspecified atom stereocenters. The molecular formula is C18H20N2O4S. The topological polar surface area (TPSA) is 99.3 Å². The van der Waals surface area contributed by atoms with Crippen LogP contribution >= 0.6 is 11.3 Å². The minimum atomic E-state index is -1.22. The molecule has 2 saturated carbocycles. The first-order chi connectivity index (χ1) is 11.9. The Kier molecular flexibility index (Phi) is 3.45. The Hall–Kier alpha value is -2.02. The average Bonchev–Trinajstić information content (AvgIpc) is 2.96. The summed E-state index contributed by atoms with van der Waals surface area (Å²) < 4.78 is 5.31. The molecule has 132 valence electrons. The zero-order valence-electron chi connectivity index (χ0n) is 14.2. The van der Waals surface area contributed by atoms with Gasteiger partial charge in [0.2, 0.25) is 5.91 Å². The van der Waals surface area contributed by atoms with E-state index in [2.05, 4.69) is 4.98 Å². The summed E-state index contributed by atoms with van der Waals surface area (Å²) in [7, 11) is 0. The number of carbonyl (C=O) groups excluding carboxylic acids is 3. The second-order valence-electron chi connectivity index (χ2n) is 7.18. The number of esters is 1. The van der Waals surface area contributed by atoms with Crippen molar-refractivity contribution in [2.24, 2.45) is 28.9 Å². The first-order valence-electron chi connectivity index (χ1n) is 8.51. The van der Waals surface area contributed by atoms with E-state index in [0.717, 1.165) is 12.8 Å². The lowest BCUT2D eigenvalue weighted by Gasteiger charge is -2.36. The van der Waals surface area contributed by atoms with E-state index in [0.29, 0.717) is 10.7 Å². The fourth-order valence-corrected chi connectivity index (χ4v) is 6.15. The molecule has 4 rings (SSSR count). The third-order valence-corrected chi connectivity index (χ3v) is 7.12. The Labute approximate surface area is 149 Å². The first kappa shape index (κ1) is 16.4. The molecule has 0 saturated heterocycles. The van der Waals surface area contributed by atoms with Gasteiger partial charge < -0.3 is 10.5 Å². The first-order valence-corrected chi connectivity index (χ1v) is 9.39. The number of hydrogen-bond acceptors (Lipinski definition) is 6. The third-order valence-electron chi connectivity index (χ3n) is 6.13. The highest BCUT2D eigenvalue weighted by Crippen LogP contribution is 2.76. The van der Waals surface area contributed by atoms with Crippen molar-refractivity contribution < 1.29 is 19.1 Å². The quantitative estimate of drug-likeness (QED) is 0.491. The summed E-state index contributed by atoms with van der Waals surface area (Å²) in [5, 5.41) is 2.10. The number of aromatic nitrogens is 1. The number of allylic oxidation sites excluding steroid dienone is 2. The number of ether oxygens (including phenoxy) is 1. The van der Waals surface area contributed by atoms with Gasteiger partial charge in [-0.25, -0.2) is 4.98 Å². The molecule has 2 fully saturated rings. The van der Waals surface area contributed by atoms with E-state index in [4.69, 9.17) is 10.5 Å². The van der Waals surface area contributed by atoms with E-state index in [9.17, 15) is 14.4 Å². The minimum Gasteiger partial charge on any atom is -0.466 e. The van der Waals surface area contributed by atoms with Crippen LogP contribution in [0.1, 0.15) is 42.2 Å². The Morgan fingerprint density at radius 2 is 2.08 bits per heavy atom. The number of rotatable bonds is 5. The fraction of sp³-hybridized carbons (Fsp3) is 0.556. The molecule has 2 bridgehead atoms. The summed E-state index contributed by atoms with van der Waals surface area (Å²) in [6, 6.07) is 0. The summed E-state index contributed by atoms with van der Waals surface area (Å²) in [4.78, 5) is 41.7. The number of nitrogens with zero attached hydrogens (tertiary/aromatic N) is 1. The zero-order valence-corrected chi connectivity index (χ0v) is 15.0. The zero-order chi connectivity index (χ0) is 18.0. The maximum atomic E-state index is 12.8. The van der Waals surface area contributed by atoms with Crippen LogP contribution in [0.4, 0.5) is 0 Å². The number of amides is 1. The lowest BCUT2D eigenvalue weighted by molar-refractivity contribution is -0.154. The molecular weight excluding hydrogens is 340 g/mol. The van der Waals surface area contributed by atoms with E-state index in [1.54, 1.807) is 12.3 Å². The maximum absolute atomic E-state index is 12.8. The molecule has 6 nitrogen and oxygen atoms in total. The molecule has 1 amide bonds. The Bertz CT molecular complexity index is 810. The van der Waals surface area contributed by atoms with Crippen molar-refractivity contribution in [2.45, 2.75) is 32.1 Å². The number of thiazole rings is 1. The molecule has 25 heavy (non-hydrogen) atoms. The van der Waals surface area contributed by atoms with Crippen molar-refractivity contribution in [2.75, 3.05) is 6.61 Å². The van der Waals surface area contributed by atoms with Gasteiger partial charge in [-0.3, -0.25) is 14.4 Å². The fourth-order valence-electron chi connectivity index (χ4n) is 5.00. The predicted octanol–water partition coefficient (Wildman–Crippen LogP) is 1.84. The van der Waals surface area contributed by atoms with Crippen LogP contribution < -0.4 is 5.73 Å². The van der Waals surface area contributed by atoms with Crippen LogP contribution in [0.15, 0.2) is 17.5 Å². The van der Waals surface area contributed by atoms with Gasteiger partial charge in [0.1, 0.15) is 16.1 Å². The van der Waals surface area contributed by atoms with Crippen LogP contribution in [0.2, 0.25) is 0 Å². The molecule has 0 aliphatic heterocycles. The lowest BCUT2D eigenvalue weighted by atomic mass is 9.67. The second-order valence-corrected chi connectivity index (χ2v) is 8.04. The Morgan fingerprint density at radius 1 is 1.36 bits per heavy atom. The van der Waals surface area contributed by atoms with Gasteiger partial charge >= 0.3 is 5.97 Å². The van der Waals surface area contributed by atoms with Crippen molar-refractivity contribution in [1.29, 1.82) is 0 Å². The minimum absolute atomic E-state index is 0.0614. The van der Waals surface area contributed by atoms with Crippen molar-refractivity contribution in [1.82, 2.24) is 4.98 Å². The predicted molar refractivity (Wildman–Crippen MR) is 90.9 cm³/mol. The van der Waals surface area contributed by atoms with Crippen LogP contribution in [-0.4, -0.2) is 29.3 Å². The standard InChI is InChI=1S/C18H20N2O4S/c1-3-24-14(22)13-10-4-5-12(17(10)6-7-17)18(13,15(19)23)16-20-11(8-25-16)9(2)21/h4-5,8,10,12-13H,3,6-7H2,1-2H3,(H2,19,23)/t10-,12+,13+,18-/m1/s1.